The van der Waals surface area contributed by atoms with E-state index in [2.05, 4.69) is 31.7 Å². The van der Waals surface area contributed by atoms with Gasteiger partial charge in [0.1, 0.15) is 12.4 Å². The van der Waals surface area contributed by atoms with E-state index in [0.717, 1.165) is 47.4 Å². The number of benzene rings is 1. The van der Waals surface area contributed by atoms with Gasteiger partial charge in [-0.25, -0.2) is 9.50 Å². The minimum Gasteiger partial charge on any atom is -0.485 e. The lowest BCUT2D eigenvalue weighted by molar-refractivity contribution is 0.299. The summed E-state index contributed by atoms with van der Waals surface area (Å²) in [5, 5.41) is 9.54. The first-order valence-corrected chi connectivity index (χ1v) is 13.3. The molecular weight excluding hydrogens is 458 g/mol. The Hall–Kier alpha value is -3.20. The first-order valence-electron chi connectivity index (χ1n) is 12.6. The molecule has 2 aliphatic rings. The van der Waals surface area contributed by atoms with Gasteiger partial charge in [-0.15, -0.1) is 5.10 Å². The van der Waals surface area contributed by atoms with Crippen molar-refractivity contribution in [1.29, 1.82) is 0 Å². The molecule has 0 amide bonds. The SMILES string of the molecule is Cc1nsc(N2CC3CCCCCC(Nc4nc5c(OCc6ccccc6)cccn5n4)[C@H]3C2)n1. The van der Waals surface area contributed by atoms with Crippen molar-refractivity contribution in [2.75, 3.05) is 23.3 Å². The van der Waals surface area contributed by atoms with Crippen LogP contribution in [0.25, 0.3) is 5.65 Å². The molecule has 1 saturated heterocycles. The normalized spacial score (nSPS) is 22.5. The topological polar surface area (TPSA) is 80.5 Å². The van der Waals surface area contributed by atoms with Crippen LogP contribution in [0.3, 0.4) is 0 Å². The smallest absolute Gasteiger partial charge is 0.243 e. The van der Waals surface area contributed by atoms with E-state index in [1.54, 1.807) is 0 Å². The van der Waals surface area contributed by atoms with Gasteiger partial charge in [-0.3, -0.25) is 0 Å². The van der Waals surface area contributed by atoms with Crippen molar-refractivity contribution >= 4 is 28.3 Å². The number of rotatable bonds is 6. The van der Waals surface area contributed by atoms with Crippen LogP contribution in [0.2, 0.25) is 0 Å². The third kappa shape index (κ3) is 4.82. The molecular formula is C26H31N7OS. The second kappa shape index (κ2) is 9.81. The van der Waals surface area contributed by atoms with Gasteiger partial charge in [-0.05, 0) is 43.4 Å². The molecule has 8 nitrogen and oxygen atoms in total. The van der Waals surface area contributed by atoms with Crippen molar-refractivity contribution in [3.05, 3.63) is 60.0 Å². The van der Waals surface area contributed by atoms with E-state index < -0.39 is 0 Å². The Morgan fingerprint density at radius 3 is 2.77 bits per heavy atom. The average molecular weight is 490 g/mol. The fourth-order valence-corrected chi connectivity index (χ4v) is 6.22. The van der Waals surface area contributed by atoms with Gasteiger partial charge in [0.15, 0.2) is 11.4 Å². The van der Waals surface area contributed by atoms with E-state index in [0.29, 0.717) is 30.4 Å². The van der Waals surface area contributed by atoms with Crippen LogP contribution in [0, 0.1) is 18.8 Å². The lowest BCUT2D eigenvalue weighted by atomic mass is 9.81. The number of hydrogen-bond donors (Lipinski definition) is 1. The third-order valence-electron chi connectivity index (χ3n) is 7.26. The minimum absolute atomic E-state index is 0.338. The highest BCUT2D eigenvalue weighted by Gasteiger charge is 2.39. The van der Waals surface area contributed by atoms with Crippen molar-refractivity contribution in [2.24, 2.45) is 11.8 Å². The van der Waals surface area contributed by atoms with Crippen molar-refractivity contribution in [1.82, 2.24) is 24.0 Å². The number of nitrogens with zero attached hydrogens (tertiary/aromatic N) is 6. The van der Waals surface area contributed by atoms with Gasteiger partial charge in [0.2, 0.25) is 11.1 Å². The van der Waals surface area contributed by atoms with E-state index in [1.165, 1.54) is 37.2 Å². The maximum absolute atomic E-state index is 6.11. The van der Waals surface area contributed by atoms with Crippen LogP contribution in [0.4, 0.5) is 11.1 Å². The number of aromatic nitrogens is 5. The summed E-state index contributed by atoms with van der Waals surface area (Å²) < 4.78 is 12.3. The monoisotopic (exact) mass is 489 g/mol. The fraction of sp³-hybridized carbons (Fsp3) is 0.462. The zero-order valence-corrected chi connectivity index (χ0v) is 20.8. The van der Waals surface area contributed by atoms with Crippen molar-refractivity contribution in [2.45, 2.75) is 51.7 Å². The van der Waals surface area contributed by atoms with Crippen LogP contribution in [0.15, 0.2) is 48.7 Å². The number of nitrogens with one attached hydrogen (secondary N) is 1. The summed E-state index contributed by atoms with van der Waals surface area (Å²) in [6.07, 6.45) is 8.17. The number of pyridine rings is 1. The quantitative estimate of drug-likeness (QED) is 0.410. The fourth-order valence-electron chi connectivity index (χ4n) is 5.53. The van der Waals surface area contributed by atoms with Crippen LogP contribution in [0.1, 0.15) is 43.5 Å². The van der Waals surface area contributed by atoms with Crippen LogP contribution in [-0.2, 0) is 6.61 Å². The van der Waals surface area contributed by atoms with E-state index in [-0.39, 0.29) is 0 Å². The van der Waals surface area contributed by atoms with Gasteiger partial charge >= 0.3 is 0 Å². The largest absolute Gasteiger partial charge is 0.485 e. The van der Waals surface area contributed by atoms with Crippen LogP contribution >= 0.6 is 11.5 Å². The summed E-state index contributed by atoms with van der Waals surface area (Å²) in [4.78, 5) is 11.9. The molecule has 2 unspecified atom stereocenters. The van der Waals surface area contributed by atoms with Gasteiger partial charge in [0.05, 0.1) is 0 Å². The summed E-state index contributed by atoms with van der Waals surface area (Å²) in [6.45, 7) is 4.54. The maximum Gasteiger partial charge on any atom is 0.243 e. The molecule has 1 N–H and O–H groups in total. The Bertz CT molecular complexity index is 1270. The van der Waals surface area contributed by atoms with Gasteiger partial charge < -0.3 is 15.0 Å². The first kappa shape index (κ1) is 22.3. The molecule has 1 aliphatic heterocycles. The maximum atomic E-state index is 6.11. The summed E-state index contributed by atoms with van der Waals surface area (Å²) in [7, 11) is 0. The molecule has 35 heavy (non-hydrogen) atoms. The van der Waals surface area contributed by atoms with Gasteiger partial charge in [0, 0.05) is 42.8 Å². The van der Waals surface area contributed by atoms with Crippen LogP contribution in [-0.4, -0.2) is 43.1 Å². The number of aryl methyl sites for hydroxylation is 1. The zero-order valence-electron chi connectivity index (χ0n) is 20.0. The molecule has 3 aromatic heterocycles. The molecule has 1 saturated carbocycles. The highest BCUT2D eigenvalue weighted by atomic mass is 32.1. The second-order valence-corrected chi connectivity index (χ2v) is 10.4. The van der Waals surface area contributed by atoms with Crippen molar-refractivity contribution < 1.29 is 4.74 Å². The molecule has 6 rings (SSSR count). The standard InChI is InChI=1S/C26H31N7OS/c1-18-27-26(35-31-18)32-15-20-11-6-3-7-12-22(21(20)16-32)28-25-29-24-23(13-8-14-33(24)30-25)34-17-19-9-4-2-5-10-19/h2,4-5,8-10,13-14,20-22H,3,6-7,11-12,15-17H2,1H3,(H,28,30)/t20?,21-,22?/m0/s1. The van der Waals surface area contributed by atoms with E-state index in [9.17, 15) is 0 Å². The summed E-state index contributed by atoms with van der Waals surface area (Å²) >= 11 is 1.52. The molecule has 1 aromatic carbocycles. The highest BCUT2D eigenvalue weighted by molar-refractivity contribution is 7.09. The lowest BCUT2D eigenvalue weighted by Crippen LogP contribution is -2.35. The minimum atomic E-state index is 0.338. The third-order valence-corrected chi connectivity index (χ3v) is 8.13. The van der Waals surface area contributed by atoms with E-state index in [1.807, 2.05) is 48.0 Å². The molecule has 4 heterocycles. The van der Waals surface area contributed by atoms with Gasteiger partial charge in [-0.2, -0.15) is 9.36 Å². The molecule has 1 aliphatic carbocycles. The molecule has 3 atom stereocenters. The van der Waals surface area contributed by atoms with Crippen LogP contribution < -0.4 is 15.0 Å². The van der Waals surface area contributed by atoms with Crippen molar-refractivity contribution in [3.63, 3.8) is 0 Å². The Balaban J connectivity index is 1.21. The zero-order chi connectivity index (χ0) is 23.6. The Labute approximate surface area is 209 Å². The molecule has 0 radical (unpaired) electrons. The van der Waals surface area contributed by atoms with E-state index in [4.69, 9.17) is 14.8 Å². The van der Waals surface area contributed by atoms with Gasteiger partial charge in [-0.1, -0.05) is 49.6 Å². The molecule has 182 valence electrons. The Morgan fingerprint density at radius 1 is 1.03 bits per heavy atom. The Kier molecular flexibility index (Phi) is 6.24. The number of fused-ring (bicyclic) bond motifs is 2. The van der Waals surface area contributed by atoms with Gasteiger partial charge in [0.25, 0.3) is 0 Å². The second-order valence-electron chi connectivity index (χ2n) is 9.69. The predicted octanol–water partition coefficient (Wildman–Crippen LogP) is 4.97. The number of ether oxygens (including phenoxy) is 1. The molecule has 0 bridgehead atoms. The summed E-state index contributed by atoms with van der Waals surface area (Å²) in [5.41, 5.74) is 1.87. The number of anilines is 2. The highest BCUT2D eigenvalue weighted by Crippen LogP contribution is 2.38. The molecule has 9 heteroatoms. The predicted molar refractivity (Wildman–Crippen MR) is 138 cm³/mol. The summed E-state index contributed by atoms with van der Waals surface area (Å²) in [5.74, 6) is 3.48. The molecule has 2 fully saturated rings. The lowest BCUT2D eigenvalue weighted by Gasteiger charge is -2.30. The van der Waals surface area contributed by atoms with Crippen LogP contribution in [0.5, 0.6) is 5.75 Å². The molecule has 4 aromatic rings. The number of hydrogen-bond acceptors (Lipinski definition) is 8. The first-order chi connectivity index (χ1) is 17.2. The van der Waals surface area contributed by atoms with Crippen molar-refractivity contribution in [3.8, 4) is 5.75 Å². The average Bonchev–Trinajstić information content (AvgIpc) is 3.59. The molecule has 0 spiro atoms. The Morgan fingerprint density at radius 2 is 1.91 bits per heavy atom. The summed E-state index contributed by atoms with van der Waals surface area (Å²) in [6, 6.07) is 14.4. The van der Waals surface area contributed by atoms with E-state index >= 15 is 0 Å².